The quantitative estimate of drug-likeness (QED) is 0.247. The van der Waals surface area contributed by atoms with E-state index in [1.807, 2.05) is 0 Å². The molecule has 0 saturated carbocycles. The van der Waals surface area contributed by atoms with Crippen molar-refractivity contribution in [3.05, 3.63) is 47.8 Å². The summed E-state index contributed by atoms with van der Waals surface area (Å²) in [6.45, 7) is 0.244. The van der Waals surface area contributed by atoms with E-state index in [1.54, 1.807) is 18.2 Å². The highest BCUT2D eigenvalue weighted by Crippen LogP contribution is 2.40. The van der Waals surface area contributed by atoms with Gasteiger partial charge in [0, 0.05) is 17.5 Å². The van der Waals surface area contributed by atoms with E-state index in [4.69, 9.17) is 9.63 Å². The summed E-state index contributed by atoms with van der Waals surface area (Å²) in [6, 6.07) is 7.40. The highest BCUT2D eigenvalue weighted by atomic mass is 35.5. The van der Waals surface area contributed by atoms with Crippen LogP contribution in [0.1, 0.15) is 24.7 Å². The summed E-state index contributed by atoms with van der Waals surface area (Å²) in [4.78, 5) is 11.6. The number of nitrogens with zero attached hydrogens (tertiary/aromatic N) is 3. The SMILES string of the molecule is CC(Oc1ccc(-c2nc(-c3ccc4nc(CCC(O)CO)[nH]c4c3)no2)cc1C(F)(F)F)C(F)(F)F.Cl. The number of fused-ring (bicyclic) bond motifs is 1. The van der Waals surface area contributed by atoms with Gasteiger partial charge in [-0.1, -0.05) is 5.16 Å². The number of aromatic amines is 1. The molecule has 3 N–H and O–H groups in total. The van der Waals surface area contributed by atoms with E-state index in [0.717, 1.165) is 12.1 Å². The first-order valence-electron chi connectivity index (χ1n) is 10.9. The topological polar surface area (TPSA) is 117 Å². The van der Waals surface area contributed by atoms with Gasteiger partial charge in [-0.2, -0.15) is 31.3 Å². The zero-order valence-corrected chi connectivity index (χ0v) is 20.3. The fourth-order valence-corrected chi connectivity index (χ4v) is 3.42. The molecule has 4 aromatic rings. The van der Waals surface area contributed by atoms with Crippen LogP contribution in [0.4, 0.5) is 26.3 Å². The molecule has 206 valence electrons. The molecule has 0 aliphatic rings. The van der Waals surface area contributed by atoms with Crippen LogP contribution >= 0.6 is 12.4 Å². The maximum absolute atomic E-state index is 13.6. The molecule has 4 rings (SSSR count). The lowest BCUT2D eigenvalue weighted by Crippen LogP contribution is -2.31. The molecule has 2 aromatic heterocycles. The molecule has 38 heavy (non-hydrogen) atoms. The standard InChI is InChI=1S/C23H20F6N4O4.ClH/c1-11(22(24,25)26)36-18-6-3-13(8-15(18)23(27,28)29)21-32-20(33-37-21)12-2-5-16-17(9-12)31-19(30-16)7-4-14(35)10-34;/h2-3,5-6,8-9,11,14,34-35H,4,7,10H2,1H3,(H,30,31);1H. The number of aliphatic hydroxyl groups is 2. The van der Waals surface area contributed by atoms with Crippen molar-refractivity contribution in [2.24, 2.45) is 0 Å². The first-order chi connectivity index (χ1) is 17.3. The van der Waals surface area contributed by atoms with E-state index in [-0.39, 0.29) is 36.3 Å². The highest BCUT2D eigenvalue weighted by Gasteiger charge is 2.41. The van der Waals surface area contributed by atoms with Crippen LogP contribution in [0, 0.1) is 0 Å². The summed E-state index contributed by atoms with van der Waals surface area (Å²) in [5.74, 6) is -0.620. The maximum Gasteiger partial charge on any atom is 0.425 e. The molecule has 0 aliphatic carbocycles. The number of nitrogens with one attached hydrogen (secondary N) is 1. The summed E-state index contributed by atoms with van der Waals surface area (Å²) in [6.07, 6.45) is -12.5. The number of aromatic nitrogens is 4. The van der Waals surface area contributed by atoms with Crippen molar-refractivity contribution >= 4 is 23.4 Å². The molecule has 0 aliphatic heterocycles. The Hall–Kier alpha value is -3.36. The lowest BCUT2D eigenvalue weighted by molar-refractivity contribution is -0.191. The van der Waals surface area contributed by atoms with Gasteiger partial charge in [-0.25, -0.2) is 4.98 Å². The summed E-state index contributed by atoms with van der Waals surface area (Å²) >= 11 is 0. The lowest BCUT2D eigenvalue weighted by Gasteiger charge is -2.20. The molecule has 2 unspecified atom stereocenters. The van der Waals surface area contributed by atoms with E-state index in [9.17, 15) is 31.4 Å². The molecule has 0 amide bonds. The Morgan fingerprint density at radius 1 is 1.03 bits per heavy atom. The Kier molecular flexibility index (Phi) is 8.58. The third kappa shape index (κ3) is 6.55. The molecule has 15 heteroatoms. The second kappa shape index (κ2) is 11.2. The minimum atomic E-state index is -5.00. The lowest BCUT2D eigenvalue weighted by atomic mass is 10.1. The molecule has 0 fully saturated rings. The number of hydrogen-bond donors (Lipinski definition) is 3. The molecule has 0 spiro atoms. The van der Waals surface area contributed by atoms with Crippen LogP contribution in [0.2, 0.25) is 0 Å². The van der Waals surface area contributed by atoms with Crippen LogP contribution < -0.4 is 4.74 Å². The number of H-pyrrole nitrogens is 1. The van der Waals surface area contributed by atoms with Crippen molar-refractivity contribution in [3.8, 4) is 28.6 Å². The fraction of sp³-hybridized carbons (Fsp3) is 0.348. The first kappa shape index (κ1) is 29.2. The van der Waals surface area contributed by atoms with E-state index < -0.39 is 35.9 Å². The minimum Gasteiger partial charge on any atom is -0.481 e. The normalized spacial score (nSPS) is 13.8. The van der Waals surface area contributed by atoms with E-state index in [1.165, 1.54) is 0 Å². The predicted molar refractivity (Wildman–Crippen MR) is 125 cm³/mol. The van der Waals surface area contributed by atoms with Gasteiger partial charge in [0.25, 0.3) is 5.89 Å². The molecule has 2 aromatic carbocycles. The average molecular weight is 567 g/mol. The smallest absolute Gasteiger partial charge is 0.425 e. The van der Waals surface area contributed by atoms with Gasteiger partial charge < -0.3 is 24.5 Å². The van der Waals surface area contributed by atoms with Crippen LogP contribution in [-0.2, 0) is 12.6 Å². The van der Waals surface area contributed by atoms with E-state index in [2.05, 4.69) is 24.8 Å². The van der Waals surface area contributed by atoms with Gasteiger partial charge in [0.15, 0.2) is 6.10 Å². The van der Waals surface area contributed by atoms with E-state index >= 15 is 0 Å². The van der Waals surface area contributed by atoms with E-state index in [0.29, 0.717) is 48.3 Å². The van der Waals surface area contributed by atoms with Crippen molar-refractivity contribution < 1.29 is 45.8 Å². The van der Waals surface area contributed by atoms with Crippen molar-refractivity contribution in [2.75, 3.05) is 6.61 Å². The van der Waals surface area contributed by atoms with Crippen molar-refractivity contribution in [2.45, 2.75) is 44.3 Å². The molecular weight excluding hydrogens is 546 g/mol. The highest BCUT2D eigenvalue weighted by molar-refractivity contribution is 5.85. The molecule has 0 radical (unpaired) electrons. The van der Waals surface area contributed by atoms with Crippen LogP contribution in [0.5, 0.6) is 5.75 Å². The van der Waals surface area contributed by atoms with Crippen LogP contribution in [0.15, 0.2) is 40.9 Å². The molecule has 0 saturated heterocycles. The van der Waals surface area contributed by atoms with Crippen LogP contribution in [0.3, 0.4) is 0 Å². The largest absolute Gasteiger partial charge is 0.481 e. The monoisotopic (exact) mass is 566 g/mol. The molecule has 0 bridgehead atoms. The zero-order chi connectivity index (χ0) is 27.0. The van der Waals surface area contributed by atoms with Gasteiger partial charge in [0.05, 0.1) is 29.3 Å². The molecule has 2 atom stereocenters. The maximum atomic E-state index is 13.6. The Labute approximate surface area is 217 Å². The Bertz CT molecular complexity index is 1390. The van der Waals surface area contributed by atoms with Crippen molar-refractivity contribution in [1.29, 1.82) is 0 Å². The second-order valence-corrected chi connectivity index (χ2v) is 8.22. The number of rotatable bonds is 8. The van der Waals surface area contributed by atoms with Crippen LogP contribution in [-0.4, -0.2) is 55.3 Å². The summed E-state index contributed by atoms with van der Waals surface area (Å²) in [7, 11) is 0. The number of aliphatic hydroxyl groups excluding tert-OH is 2. The third-order valence-corrected chi connectivity index (χ3v) is 5.44. The Balaban J connectivity index is 0.00000400. The van der Waals surface area contributed by atoms with Gasteiger partial charge >= 0.3 is 12.4 Å². The van der Waals surface area contributed by atoms with Gasteiger partial charge in [0.1, 0.15) is 11.6 Å². The minimum absolute atomic E-state index is 0. The Morgan fingerprint density at radius 2 is 1.74 bits per heavy atom. The molecule has 2 heterocycles. The van der Waals surface area contributed by atoms with Gasteiger partial charge in [0.2, 0.25) is 5.82 Å². The summed E-state index contributed by atoms with van der Waals surface area (Å²) < 4.78 is 88.7. The fourth-order valence-electron chi connectivity index (χ4n) is 3.42. The Morgan fingerprint density at radius 3 is 2.39 bits per heavy atom. The zero-order valence-electron chi connectivity index (χ0n) is 19.5. The number of ether oxygens (including phenoxy) is 1. The van der Waals surface area contributed by atoms with Gasteiger partial charge in [-0.15, -0.1) is 12.4 Å². The summed E-state index contributed by atoms with van der Waals surface area (Å²) in [5.41, 5.74) is 0.100. The summed E-state index contributed by atoms with van der Waals surface area (Å²) in [5, 5.41) is 22.2. The number of aryl methyl sites for hydroxylation is 1. The number of halogens is 7. The number of hydrogen-bond acceptors (Lipinski definition) is 7. The second-order valence-electron chi connectivity index (χ2n) is 8.22. The predicted octanol–water partition coefficient (Wildman–Crippen LogP) is 5.34. The van der Waals surface area contributed by atoms with Crippen molar-refractivity contribution in [3.63, 3.8) is 0 Å². The van der Waals surface area contributed by atoms with Gasteiger partial charge in [-0.05, 0) is 49.7 Å². The van der Waals surface area contributed by atoms with Gasteiger partial charge in [-0.3, -0.25) is 0 Å². The number of alkyl halides is 6. The molecular formula is C23H21ClF6N4O4. The van der Waals surface area contributed by atoms with Crippen molar-refractivity contribution in [1.82, 2.24) is 20.1 Å². The number of imidazole rings is 1. The molecule has 8 nitrogen and oxygen atoms in total. The number of benzene rings is 2. The average Bonchev–Trinajstić information content (AvgIpc) is 3.48. The third-order valence-electron chi connectivity index (χ3n) is 5.44. The first-order valence-corrected chi connectivity index (χ1v) is 10.9. The van der Waals surface area contributed by atoms with Crippen LogP contribution in [0.25, 0.3) is 33.9 Å².